The van der Waals surface area contributed by atoms with E-state index in [2.05, 4.69) is 49.7 Å². The van der Waals surface area contributed by atoms with Crippen molar-refractivity contribution in [1.82, 2.24) is 15.3 Å². The van der Waals surface area contributed by atoms with Crippen LogP contribution in [-0.2, 0) is 26.2 Å². The van der Waals surface area contributed by atoms with Crippen LogP contribution in [0.1, 0.15) is 83.4 Å². The molecule has 1 unspecified atom stereocenters. The first-order valence-electron chi connectivity index (χ1n) is 9.24. The van der Waals surface area contributed by atoms with Gasteiger partial charge in [-0.1, -0.05) is 34.6 Å². The fourth-order valence-electron chi connectivity index (χ4n) is 3.30. The highest BCUT2D eigenvalue weighted by atomic mass is 16.5. The Hall–Kier alpha value is -1.98. The summed E-state index contributed by atoms with van der Waals surface area (Å²) in [6.07, 6.45) is 4.65. The minimum Gasteiger partial charge on any atom is -0.469 e. The molecular formula is C20H31N3O3. The number of nitrogens with one attached hydrogen (secondary N) is 1. The van der Waals surface area contributed by atoms with Crippen molar-refractivity contribution < 1.29 is 14.3 Å². The monoisotopic (exact) mass is 361 g/mol. The third-order valence-electron chi connectivity index (χ3n) is 4.70. The highest BCUT2D eigenvalue weighted by Crippen LogP contribution is 2.40. The van der Waals surface area contributed by atoms with Crippen LogP contribution in [0, 0.1) is 5.41 Å². The molecule has 0 saturated carbocycles. The van der Waals surface area contributed by atoms with Gasteiger partial charge in [-0.15, -0.1) is 0 Å². The van der Waals surface area contributed by atoms with Crippen molar-refractivity contribution in [2.45, 2.75) is 78.2 Å². The van der Waals surface area contributed by atoms with Crippen LogP contribution in [0.2, 0.25) is 0 Å². The van der Waals surface area contributed by atoms with E-state index < -0.39 is 0 Å². The highest BCUT2D eigenvalue weighted by molar-refractivity contribution is 5.77. The Morgan fingerprint density at radius 2 is 2.00 bits per heavy atom. The van der Waals surface area contributed by atoms with Crippen molar-refractivity contribution in [3.05, 3.63) is 23.3 Å². The molecule has 0 spiro atoms. The fraction of sp³-hybridized carbons (Fsp3) is 0.700. The number of ether oxygens (including phenoxy) is 1. The van der Waals surface area contributed by atoms with Crippen molar-refractivity contribution in [3.63, 3.8) is 0 Å². The van der Waals surface area contributed by atoms with Gasteiger partial charge >= 0.3 is 5.97 Å². The summed E-state index contributed by atoms with van der Waals surface area (Å²) < 4.78 is 4.61. The maximum atomic E-state index is 12.3. The molecule has 0 fully saturated rings. The zero-order valence-electron chi connectivity index (χ0n) is 16.8. The molecule has 26 heavy (non-hydrogen) atoms. The van der Waals surface area contributed by atoms with Crippen molar-refractivity contribution >= 4 is 11.9 Å². The van der Waals surface area contributed by atoms with Crippen molar-refractivity contribution in [3.8, 4) is 0 Å². The summed E-state index contributed by atoms with van der Waals surface area (Å²) in [6, 6.07) is -0.0894. The standard InChI is InChI=1S/C20H31N3O3/c1-19(2,3)18-21-12-13-14(10-20(4,5)11-15(13)23-18)22-16(24)8-7-9-17(25)26-6/h12,14H,7-11H2,1-6H3,(H,22,24). The molecule has 1 aromatic rings. The van der Waals surface area contributed by atoms with Gasteiger partial charge in [-0.25, -0.2) is 9.97 Å². The predicted molar refractivity (Wildman–Crippen MR) is 99.6 cm³/mol. The van der Waals surface area contributed by atoms with Crippen LogP contribution in [0.4, 0.5) is 0 Å². The number of aromatic nitrogens is 2. The lowest BCUT2D eigenvalue weighted by molar-refractivity contribution is -0.140. The number of fused-ring (bicyclic) bond motifs is 1. The van der Waals surface area contributed by atoms with Gasteiger partial charge in [0.25, 0.3) is 0 Å². The predicted octanol–water partition coefficient (Wildman–Crippen LogP) is 3.25. The summed E-state index contributed by atoms with van der Waals surface area (Å²) in [5.41, 5.74) is 1.99. The van der Waals surface area contributed by atoms with Crippen molar-refractivity contribution in [2.75, 3.05) is 7.11 Å². The number of amides is 1. The first kappa shape index (κ1) is 20.3. The lowest BCUT2D eigenvalue weighted by Crippen LogP contribution is -2.37. The van der Waals surface area contributed by atoms with Gasteiger partial charge in [-0.05, 0) is 24.7 Å². The fourth-order valence-corrected chi connectivity index (χ4v) is 3.30. The van der Waals surface area contributed by atoms with E-state index in [4.69, 9.17) is 4.98 Å². The smallest absolute Gasteiger partial charge is 0.305 e. The zero-order chi connectivity index (χ0) is 19.5. The number of nitrogens with zero attached hydrogens (tertiary/aromatic N) is 2. The summed E-state index contributed by atoms with van der Waals surface area (Å²) in [6.45, 7) is 10.7. The Morgan fingerprint density at radius 3 is 2.62 bits per heavy atom. The number of hydrogen-bond donors (Lipinski definition) is 1. The summed E-state index contributed by atoms with van der Waals surface area (Å²) in [5, 5.41) is 3.11. The zero-order valence-corrected chi connectivity index (χ0v) is 16.8. The minimum absolute atomic E-state index is 0.0533. The van der Waals surface area contributed by atoms with Crippen LogP contribution in [0.15, 0.2) is 6.20 Å². The molecule has 1 aliphatic rings. The number of esters is 1. The second kappa shape index (κ2) is 7.72. The Kier molecular flexibility index (Phi) is 6.04. The lowest BCUT2D eigenvalue weighted by Gasteiger charge is -2.37. The second-order valence-corrected chi connectivity index (χ2v) is 8.94. The molecule has 0 radical (unpaired) electrons. The van der Waals surface area contributed by atoms with Gasteiger partial charge in [0.15, 0.2) is 0 Å². The lowest BCUT2D eigenvalue weighted by atomic mass is 9.74. The third-order valence-corrected chi connectivity index (χ3v) is 4.70. The summed E-state index contributed by atoms with van der Waals surface area (Å²) >= 11 is 0. The van der Waals surface area contributed by atoms with Crippen LogP contribution in [0.5, 0.6) is 0 Å². The van der Waals surface area contributed by atoms with E-state index >= 15 is 0 Å². The molecular weight excluding hydrogens is 330 g/mol. The molecule has 1 atom stereocenters. The number of carbonyl (C=O) groups excluding carboxylic acids is 2. The van der Waals surface area contributed by atoms with Gasteiger partial charge < -0.3 is 10.1 Å². The van der Waals surface area contributed by atoms with Crippen LogP contribution in [0.25, 0.3) is 0 Å². The molecule has 144 valence electrons. The molecule has 2 rings (SSSR count). The van der Waals surface area contributed by atoms with E-state index in [-0.39, 0.29) is 35.2 Å². The summed E-state index contributed by atoms with van der Waals surface area (Å²) in [7, 11) is 1.36. The van der Waals surface area contributed by atoms with E-state index in [1.165, 1.54) is 7.11 Å². The molecule has 6 nitrogen and oxygen atoms in total. The van der Waals surface area contributed by atoms with E-state index in [0.717, 1.165) is 29.9 Å². The SMILES string of the molecule is COC(=O)CCCC(=O)NC1CC(C)(C)Cc2nc(C(C)(C)C)ncc21. The van der Waals surface area contributed by atoms with E-state index in [9.17, 15) is 9.59 Å². The van der Waals surface area contributed by atoms with Crippen LogP contribution in [-0.4, -0.2) is 29.0 Å². The first-order chi connectivity index (χ1) is 12.0. The van der Waals surface area contributed by atoms with Crippen LogP contribution < -0.4 is 5.32 Å². The molecule has 0 saturated heterocycles. The Bertz CT molecular complexity index is 677. The van der Waals surface area contributed by atoms with E-state index in [0.29, 0.717) is 12.8 Å². The minimum atomic E-state index is -0.287. The van der Waals surface area contributed by atoms with Crippen molar-refractivity contribution in [2.24, 2.45) is 5.41 Å². The molecule has 1 heterocycles. The molecule has 1 aromatic heterocycles. The van der Waals surface area contributed by atoms with Crippen LogP contribution in [0.3, 0.4) is 0 Å². The Morgan fingerprint density at radius 1 is 1.31 bits per heavy atom. The van der Waals surface area contributed by atoms with Gasteiger partial charge in [0.1, 0.15) is 5.82 Å². The van der Waals surface area contributed by atoms with Gasteiger partial charge in [0.2, 0.25) is 5.91 Å². The topological polar surface area (TPSA) is 81.2 Å². The highest BCUT2D eigenvalue weighted by Gasteiger charge is 2.35. The maximum absolute atomic E-state index is 12.3. The van der Waals surface area contributed by atoms with Crippen molar-refractivity contribution in [1.29, 1.82) is 0 Å². The van der Waals surface area contributed by atoms with Gasteiger partial charge in [-0.3, -0.25) is 9.59 Å². The molecule has 1 aliphatic carbocycles. The van der Waals surface area contributed by atoms with E-state index in [1.807, 2.05) is 6.20 Å². The quantitative estimate of drug-likeness (QED) is 0.814. The summed E-state index contributed by atoms with van der Waals surface area (Å²) in [4.78, 5) is 32.9. The number of methoxy groups -OCH3 is 1. The van der Waals surface area contributed by atoms with Gasteiger partial charge in [-0.2, -0.15) is 0 Å². The van der Waals surface area contributed by atoms with Gasteiger partial charge in [0.05, 0.1) is 13.2 Å². The first-order valence-corrected chi connectivity index (χ1v) is 9.24. The number of hydrogen-bond acceptors (Lipinski definition) is 5. The average Bonchev–Trinajstić information content (AvgIpc) is 2.52. The molecule has 0 aliphatic heterocycles. The normalized spacial score (nSPS) is 18.8. The number of carbonyl (C=O) groups is 2. The summed E-state index contributed by atoms with van der Waals surface area (Å²) in [5.74, 6) is 0.490. The van der Waals surface area contributed by atoms with Crippen LogP contribution >= 0.6 is 0 Å². The van der Waals surface area contributed by atoms with E-state index in [1.54, 1.807) is 0 Å². The second-order valence-electron chi connectivity index (χ2n) is 8.94. The molecule has 0 aromatic carbocycles. The number of rotatable bonds is 5. The molecule has 1 amide bonds. The molecule has 1 N–H and O–H groups in total. The third kappa shape index (κ3) is 5.26. The molecule has 0 bridgehead atoms. The van der Waals surface area contributed by atoms with Gasteiger partial charge in [0, 0.05) is 35.7 Å². The largest absolute Gasteiger partial charge is 0.469 e. The maximum Gasteiger partial charge on any atom is 0.305 e. The molecule has 6 heteroatoms. The Balaban J connectivity index is 2.12. The average molecular weight is 361 g/mol. The Labute approximate surface area is 156 Å².